The van der Waals surface area contributed by atoms with Crippen LogP contribution >= 0.6 is 15.9 Å². The monoisotopic (exact) mass is 242 g/mol. The highest BCUT2D eigenvalue weighted by molar-refractivity contribution is 9.10. The number of amides is 1. The third-order valence-corrected chi connectivity index (χ3v) is 2.48. The topological polar surface area (TPSA) is 69.1 Å². The lowest BCUT2D eigenvalue weighted by atomic mass is 10.1. The number of carbonyl (C=O) groups excluding carboxylic acids is 1. The fourth-order valence-electron chi connectivity index (χ4n) is 1.10. The molecule has 1 rings (SSSR count). The van der Waals surface area contributed by atoms with E-state index in [0.29, 0.717) is 6.54 Å². The first kappa shape index (κ1) is 10.2. The third-order valence-electron chi connectivity index (χ3n) is 1.71. The second kappa shape index (κ2) is 4.39. The molecule has 0 fully saturated rings. The largest absolute Gasteiger partial charge is 0.369 e. The van der Waals surface area contributed by atoms with Crippen molar-refractivity contribution in [2.24, 2.45) is 11.5 Å². The van der Waals surface area contributed by atoms with Crippen molar-refractivity contribution in [2.45, 2.75) is 13.0 Å². The van der Waals surface area contributed by atoms with Crippen molar-refractivity contribution in [3.63, 3.8) is 0 Å². The summed E-state index contributed by atoms with van der Waals surface area (Å²) in [4.78, 5) is 10.6. The third kappa shape index (κ3) is 2.82. The smallest absolute Gasteiger partial charge is 0.221 e. The van der Waals surface area contributed by atoms with E-state index in [2.05, 4.69) is 15.9 Å². The average Bonchev–Trinajstić information content (AvgIpc) is 2.07. The van der Waals surface area contributed by atoms with E-state index in [1.54, 1.807) is 0 Å². The molecule has 0 aliphatic rings. The van der Waals surface area contributed by atoms with Crippen LogP contribution < -0.4 is 11.5 Å². The molecule has 0 heterocycles. The summed E-state index contributed by atoms with van der Waals surface area (Å²) >= 11 is 3.36. The van der Waals surface area contributed by atoms with Crippen LogP contribution in [0.15, 0.2) is 22.7 Å². The summed E-state index contributed by atoms with van der Waals surface area (Å²) in [6, 6.07) is 5.61. The van der Waals surface area contributed by atoms with Crippen molar-refractivity contribution in [3.8, 4) is 0 Å². The first-order chi connectivity index (χ1) is 6.13. The summed E-state index contributed by atoms with van der Waals surface area (Å²) in [5, 5.41) is 0. The van der Waals surface area contributed by atoms with Gasteiger partial charge >= 0.3 is 0 Å². The molecule has 4 heteroatoms. The first-order valence-electron chi connectivity index (χ1n) is 3.89. The molecule has 70 valence electrons. The maximum Gasteiger partial charge on any atom is 0.221 e. The number of primary amides is 1. The lowest BCUT2D eigenvalue weighted by molar-refractivity contribution is -0.117. The lowest BCUT2D eigenvalue weighted by Crippen LogP contribution is -2.14. The molecule has 4 N–H and O–H groups in total. The highest BCUT2D eigenvalue weighted by Gasteiger charge is 2.02. The predicted molar refractivity (Wildman–Crippen MR) is 54.9 cm³/mol. The molecule has 1 aromatic carbocycles. The molecule has 0 aromatic heterocycles. The van der Waals surface area contributed by atoms with Gasteiger partial charge in [0.25, 0.3) is 0 Å². The number of hydrogen-bond donors (Lipinski definition) is 2. The quantitative estimate of drug-likeness (QED) is 0.829. The normalized spacial score (nSPS) is 10.0. The van der Waals surface area contributed by atoms with Crippen LogP contribution in [0.4, 0.5) is 0 Å². The maximum atomic E-state index is 10.6. The van der Waals surface area contributed by atoms with Crippen LogP contribution in [0.25, 0.3) is 0 Å². The maximum absolute atomic E-state index is 10.6. The van der Waals surface area contributed by atoms with Crippen LogP contribution in [0.5, 0.6) is 0 Å². The summed E-state index contributed by atoms with van der Waals surface area (Å²) in [7, 11) is 0. The zero-order chi connectivity index (χ0) is 9.84. The van der Waals surface area contributed by atoms with Crippen LogP contribution in [0.3, 0.4) is 0 Å². The van der Waals surface area contributed by atoms with Crippen molar-refractivity contribution < 1.29 is 4.79 Å². The number of rotatable bonds is 3. The van der Waals surface area contributed by atoms with Gasteiger partial charge in [0, 0.05) is 11.0 Å². The Kier molecular flexibility index (Phi) is 3.45. The number of halogens is 1. The summed E-state index contributed by atoms with van der Waals surface area (Å²) in [5.74, 6) is -0.328. The van der Waals surface area contributed by atoms with E-state index in [1.165, 1.54) is 0 Å². The molecule has 0 aliphatic carbocycles. The van der Waals surface area contributed by atoms with Crippen LogP contribution in [0, 0.1) is 0 Å². The number of hydrogen-bond acceptors (Lipinski definition) is 2. The van der Waals surface area contributed by atoms with Crippen molar-refractivity contribution in [1.29, 1.82) is 0 Å². The Hall–Kier alpha value is -0.870. The Balaban J connectivity index is 2.92. The molecule has 1 amide bonds. The molecule has 13 heavy (non-hydrogen) atoms. The van der Waals surface area contributed by atoms with E-state index >= 15 is 0 Å². The first-order valence-corrected chi connectivity index (χ1v) is 4.68. The summed E-state index contributed by atoms with van der Waals surface area (Å²) in [6.07, 6.45) is 0.264. The fraction of sp³-hybridized carbons (Fsp3) is 0.222. The van der Waals surface area contributed by atoms with Crippen molar-refractivity contribution in [1.82, 2.24) is 0 Å². The minimum absolute atomic E-state index is 0.264. The van der Waals surface area contributed by atoms with Crippen LogP contribution in [0.1, 0.15) is 11.1 Å². The van der Waals surface area contributed by atoms with Crippen molar-refractivity contribution in [3.05, 3.63) is 33.8 Å². The summed E-state index contributed by atoms with van der Waals surface area (Å²) in [5.41, 5.74) is 12.5. The molecule has 0 bridgehead atoms. The van der Waals surface area contributed by atoms with Gasteiger partial charge in [-0.25, -0.2) is 0 Å². The van der Waals surface area contributed by atoms with Gasteiger partial charge in [0.1, 0.15) is 0 Å². The molecule has 0 unspecified atom stereocenters. The van der Waals surface area contributed by atoms with Gasteiger partial charge in [0.05, 0.1) is 6.42 Å². The molecule has 0 saturated carbocycles. The van der Waals surface area contributed by atoms with Gasteiger partial charge in [-0.2, -0.15) is 0 Å². The average molecular weight is 243 g/mol. The van der Waals surface area contributed by atoms with Gasteiger partial charge in [-0.1, -0.05) is 28.1 Å². The predicted octanol–water partition coefficient (Wildman–Crippen LogP) is 0.936. The second-order valence-corrected chi connectivity index (χ2v) is 3.63. The van der Waals surface area contributed by atoms with E-state index in [9.17, 15) is 4.79 Å². The van der Waals surface area contributed by atoms with E-state index in [-0.39, 0.29) is 12.3 Å². The van der Waals surface area contributed by atoms with Gasteiger partial charge in [0.15, 0.2) is 0 Å². The molecular weight excluding hydrogens is 232 g/mol. The number of benzene rings is 1. The fourth-order valence-corrected chi connectivity index (χ4v) is 1.50. The Bertz CT molecular complexity index is 325. The molecule has 1 aromatic rings. The van der Waals surface area contributed by atoms with Gasteiger partial charge in [-0.05, 0) is 17.2 Å². The molecule has 0 atom stereocenters. The molecule has 0 saturated heterocycles. The van der Waals surface area contributed by atoms with Crippen LogP contribution in [0.2, 0.25) is 0 Å². The summed E-state index contributed by atoms with van der Waals surface area (Å²) < 4.78 is 0.961. The minimum atomic E-state index is -0.328. The Morgan fingerprint density at radius 1 is 1.46 bits per heavy atom. The lowest BCUT2D eigenvalue weighted by Gasteiger charge is -2.03. The minimum Gasteiger partial charge on any atom is -0.369 e. The Morgan fingerprint density at radius 3 is 2.69 bits per heavy atom. The van der Waals surface area contributed by atoms with Crippen molar-refractivity contribution in [2.75, 3.05) is 0 Å². The second-order valence-electron chi connectivity index (χ2n) is 2.77. The molecular formula is C9H11BrN2O. The van der Waals surface area contributed by atoms with Gasteiger partial charge < -0.3 is 11.5 Å². The van der Waals surface area contributed by atoms with Crippen LogP contribution in [-0.4, -0.2) is 5.91 Å². The SMILES string of the molecule is NCc1cc(CC(N)=O)ccc1Br. The molecule has 0 radical (unpaired) electrons. The van der Waals surface area contributed by atoms with E-state index in [4.69, 9.17) is 11.5 Å². The standard InChI is InChI=1S/C9H11BrN2O/c10-8-2-1-6(4-9(12)13)3-7(8)5-11/h1-3H,4-5,11H2,(H2,12,13). The zero-order valence-corrected chi connectivity index (χ0v) is 8.67. The van der Waals surface area contributed by atoms with E-state index in [0.717, 1.165) is 15.6 Å². The van der Waals surface area contributed by atoms with Gasteiger partial charge in [-0.3, -0.25) is 4.79 Å². The summed E-state index contributed by atoms with van der Waals surface area (Å²) in [6.45, 7) is 0.452. The van der Waals surface area contributed by atoms with Gasteiger partial charge in [0.2, 0.25) is 5.91 Å². The number of nitrogens with two attached hydrogens (primary N) is 2. The van der Waals surface area contributed by atoms with Crippen LogP contribution in [-0.2, 0) is 17.8 Å². The van der Waals surface area contributed by atoms with E-state index < -0.39 is 0 Å². The van der Waals surface area contributed by atoms with Crippen molar-refractivity contribution >= 4 is 21.8 Å². The Labute approximate surface area is 85.2 Å². The highest BCUT2D eigenvalue weighted by Crippen LogP contribution is 2.17. The molecule has 0 aliphatic heterocycles. The number of carbonyl (C=O) groups is 1. The Morgan fingerprint density at radius 2 is 2.15 bits per heavy atom. The molecule has 0 spiro atoms. The molecule has 3 nitrogen and oxygen atoms in total. The van der Waals surface area contributed by atoms with E-state index in [1.807, 2.05) is 18.2 Å². The van der Waals surface area contributed by atoms with Gasteiger partial charge in [-0.15, -0.1) is 0 Å². The zero-order valence-electron chi connectivity index (χ0n) is 7.09. The highest BCUT2D eigenvalue weighted by atomic mass is 79.9.